The smallest absolute Gasteiger partial charge is 0.355 e. The third-order valence-electron chi connectivity index (χ3n) is 2.67. The van der Waals surface area contributed by atoms with Gasteiger partial charge in [0.15, 0.2) is 0 Å². The number of halogens is 4. The van der Waals surface area contributed by atoms with Crippen molar-refractivity contribution in [3.63, 3.8) is 0 Å². The van der Waals surface area contributed by atoms with Crippen LogP contribution in [0.4, 0.5) is 13.2 Å². The molecule has 0 aliphatic heterocycles. The maximum absolute atomic E-state index is 12.5. The van der Waals surface area contributed by atoms with E-state index in [1.165, 1.54) is 12.1 Å². The molecule has 0 spiro atoms. The minimum absolute atomic E-state index is 0. The molecule has 1 aromatic carbocycles. The van der Waals surface area contributed by atoms with Gasteiger partial charge in [-0.25, -0.2) is 0 Å². The van der Waals surface area contributed by atoms with Gasteiger partial charge in [0.1, 0.15) is 0 Å². The molecule has 0 atom stereocenters. The molecule has 0 aliphatic carbocycles. The lowest BCUT2D eigenvalue weighted by molar-refractivity contribution is -0.137. The first-order chi connectivity index (χ1) is 9.43. The van der Waals surface area contributed by atoms with Gasteiger partial charge in [0.25, 0.3) is 0 Å². The Morgan fingerprint density at radius 1 is 1.19 bits per heavy atom. The van der Waals surface area contributed by atoms with Gasteiger partial charge >= 0.3 is 6.18 Å². The maximum Gasteiger partial charge on any atom is 0.416 e. The van der Waals surface area contributed by atoms with E-state index in [1.54, 1.807) is 0 Å². The number of carbonyl (C=O) groups excluding carboxylic acids is 1. The van der Waals surface area contributed by atoms with Crippen molar-refractivity contribution in [3.8, 4) is 0 Å². The molecule has 0 bridgehead atoms. The standard InChI is InChI=1S/C14H19F3N2O.ClH/c1-2-6-18-7-8-19-13(20)10-11-4-3-5-12(9-11)14(15,16)17;/h3-5,9,18H,2,6-8,10H2,1H3,(H,19,20);1H. The number of alkyl halides is 3. The van der Waals surface area contributed by atoms with Crippen LogP contribution in [0.1, 0.15) is 24.5 Å². The van der Waals surface area contributed by atoms with Crippen molar-refractivity contribution >= 4 is 18.3 Å². The summed E-state index contributed by atoms with van der Waals surface area (Å²) in [5.41, 5.74) is -0.369. The Balaban J connectivity index is 0.00000400. The van der Waals surface area contributed by atoms with Gasteiger partial charge in [0.05, 0.1) is 12.0 Å². The molecule has 21 heavy (non-hydrogen) atoms. The van der Waals surface area contributed by atoms with Crippen LogP contribution < -0.4 is 10.6 Å². The van der Waals surface area contributed by atoms with Gasteiger partial charge in [-0.05, 0) is 24.6 Å². The highest BCUT2D eigenvalue weighted by atomic mass is 35.5. The molecule has 7 heteroatoms. The van der Waals surface area contributed by atoms with Crippen LogP contribution >= 0.6 is 12.4 Å². The molecule has 0 unspecified atom stereocenters. The minimum atomic E-state index is -4.38. The van der Waals surface area contributed by atoms with E-state index in [1.807, 2.05) is 6.92 Å². The number of nitrogens with one attached hydrogen (secondary N) is 2. The lowest BCUT2D eigenvalue weighted by Crippen LogP contribution is -2.33. The number of carbonyl (C=O) groups is 1. The van der Waals surface area contributed by atoms with Crippen LogP contribution in [0.15, 0.2) is 24.3 Å². The topological polar surface area (TPSA) is 41.1 Å². The van der Waals surface area contributed by atoms with Gasteiger partial charge in [-0.2, -0.15) is 13.2 Å². The summed E-state index contributed by atoms with van der Waals surface area (Å²) >= 11 is 0. The zero-order valence-electron chi connectivity index (χ0n) is 11.8. The molecule has 0 saturated heterocycles. The SMILES string of the molecule is CCCNCCNC(=O)Cc1cccc(C(F)(F)F)c1.Cl. The van der Waals surface area contributed by atoms with Crippen LogP contribution in [0.3, 0.4) is 0 Å². The second kappa shape index (κ2) is 9.63. The minimum Gasteiger partial charge on any atom is -0.355 e. The highest BCUT2D eigenvalue weighted by molar-refractivity contribution is 5.85. The Bertz CT molecular complexity index is 438. The first-order valence-electron chi connectivity index (χ1n) is 6.57. The summed E-state index contributed by atoms with van der Waals surface area (Å²) in [6, 6.07) is 4.84. The largest absolute Gasteiger partial charge is 0.416 e. The number of benzene rings is 1. The fourth-order valence-corrected chi connectivity index (χ4v) is 1.70. The summed E-state index contributed by atoms with van der Waals surface area (Å²) in [6.07, 6.45) is -3.41. The number of hydrogen-bond donors (Lipinski definition) is 2. The Hall–Kier alpha value is -1.27. The van der Waals surface area contributed by atoms with Gasteiger partial charge in [-0.15, -0.1) is 12.4 Å². The van der Waals surface area contributed by atoms with E-state index in [0.29, 0.717) is 18.7 Å². The molecule has 0 saturated carbocycles. The molecule has 0 aromatic heterocycles. The van der Waals surface area contributed by atoms with Crippen molar-refractivity contribution in [2.24, 2.45) is 0 Å². The molecule has 3 nitrogen and oxygen atoms in total. The normalized spacial score (nSPS) is 10.9. The van der Waals surface area contributed by atoms with Crippen LogP contribution in [0, 0.1) is 0 Å². The molecular weight excluding hydrogens is 305 g/mol. The lowest BCUT2D eigenvalue weighted by Gasteiger charge is -2.09. The summed E-state index contributed by atoms with van der Waals surface area (Å²) in [7, 11) is 0. The fourth-order valence-electron chi connectivity index (χ4n) is 1.70. The third kappa shape index (κ3) is 7.92. The molecule has 0 heterocycles. The van der Waals surface area contributed by atoms with Crippen molar-refractivity contribution in [3.05, 3.63) is 35.4 Å². The second-order valence-corrected chi connectivity index (χ2v) is 4.47. The molecule has 1 rings (SSSR count). The van der Waals surface area contributed by atoms with E-state index in [0.717, 1.165) is 25.1 Å². The lowest BCUT2D eigenvalue weighted by atomic mass is 10.1. The zero-order chi connectivity index (χ0) is 15.0. The van der Waals surface area contributed by atoms with Crippen molar-refractivity contribution in [1.82, 2.24) is 10.6 Å². The van der Waals surface area contributed by atoms with Gasteiger partial charge in [-0.1, -0.05) is 25.1 Å². The van der Waals surface area contributed by atoms with Crippen LogP contribution in [0.25, 0.3) is 0 Å². The molecule has 120 valence electrons. The van der Waals surface area contributed by atoms with Crippen molar-refractivity contribution < 1.29 is 18.0 Å². The third-order valence-corrected chi connectivity index (χ3v) is 2.67. The van der Waals surface area contributed by atoms with E-state index in [-0.39, 0.29) is 24.7 Å². The predicted octanol–water partition coefficient (Wildman–Crippen LogP) is 2.79. The Morgan fingerprint density at radius 2 is 1.90 bits per heavy atom. The molecule has 1 aromatic rings. The van der Waals surface area contributed by atoms with Crippen LogP contribution in [-0.2, 0) is 17.4 Å². The van der Waals surface area contributed by atoms with Crippen LogP contribution in [0.2, 0.25) is 0 Å². The molecule has 0 radical (unpaired) electrons. The van der Waals surface area contributed by atoms with Gasteiger partial charge in [-0.3, -0.25) is 4.79 Å². The van der Waals surface area contributed by atoms with E-state index < -0.39 is 11.7 Å². The van der Waals surface area contributed by atoms with E-state index >= 15 is 0 Å². The Kier molecular flexibility index (Phi) is 9.05. The highest BCUT2D eigenvalue weighted by Gasteiger charge is 2.30. The monoisotopic (exact) mass is 324 g/mol. The molecular formula is C14H20ClF3N2O. The number of hydrogen-bond acceptors (Lipinski definition) is 2. The first kappa shape index (κ1) is 19.7. The molecule has 0 fully saturated rings. The van der Waals surface area contributed by atoms with Gasteiger partial charge < -0.3 is 10.6 Å². The van der Waals surface area contributed by atoms with Crippen LogP contribution in [0.5, 0.6) is 0 Å². The molecule has 2 N–H and O–H groups in total. The summed E-state index contributed by atoms with van der Waals surface area (Å²) in [4.78, 5) is 11.6. The second-order valence-electron chi connectivity index (χ2n) is 4.47. The van der Waals surface area contributed by atoms with Gasteiger partial charge in [0, 0.05) is 13.1 Å². The predicted molar refractivity (Wildman–Crippen MR) is 78.6 cm³/mol. The number of rotatable bonds is 7. The van der Waals surface area contributed by atoms with Crippen molar-refractivity contribution in [2.75, 3.05) is 19.6 Å². The Morgan fingerprint density at radius 3 is 2.52 bits per heavy atom. The molecule has 1 amide bonds. The van der Waals surface area contributed by atoms with Crippen molar-refractivity contribution in [2.45, 2.75) is 25.9 Å². The van der Waals surface area contributed by atoms with Gasteiger partial charge in [0.2, 0.25) is 5.91 Å². The summed E-state index contributed by atoms with van der Waals surface area (Å²) in [5.74, 6) is -0.275. The highest BCUT2D eigenvalue weighted by Crippen LogP contribution is 2.29. The zero-order valence-corrected chi connectivity index (χ0v) is 12.6. The van der Waals surface area contributed by atoms with E-state index in [2.05, 4.69) is 10.6 Å². The van der Waals surface area contributed by atoms with E-state index in [4.69, 9.17) is 0 Å². The number of amides is 1. The fraction of sp³-hybridized carbons (Fsp3) is 0.500. The average molecular weight is 325 g/mol. The van der Waals surface area contributed by atoms with E-state index in [9.17, 15) is 18.0 Å². The summed E-state index contributed by atoms with van der Waals surface area (Å²) in [5, 5.41) is 5.79. The van der Waals surface area contributed by atoms with Crippen molar-refractivity contribution in [1.29, 1.82) is 0 Å². The van der Waals surface area contributed by atoms with Crippen LogP contribution in [-0.4, -0.2) is 25.5 Å². The quantitative estimate of drug-likeness (QED) is 0.757. The molecule has 0 aliphatic rings. The first-order valence-corrected chi connectivity index (χ1v) is 6.57. The summed E-state index contributed by atoms with van der Waals surface area (Å²) in [6.45, 7) is 4.04. The average Bonchev–Trinajstić information content (AvgIpc) is 2.38. The maximum atomic E-state index is 12.5. The Labute approximate surface area is 128 Å². The summed E-state index contributed by atoms with van der Waals surface area (Å²) < 4.78 is 37.6.